The number of hydrogen-bond donors (Lipinski definition) is 0. The molecule has 6 aromatic carbocycles. The maximum atomic E-state index is 2.38. The second-order valence-electron chi connectivity index (χ2n) is 12.2. The molecule has 0 unspecified atom stereocenters. The summed E-state index contributed by atoms with van der Waals surface area (Å²) in [7, 11) is 0. The number of benzene rings is 6. The average Bonchev–Trinajstić information content (AvgIpc) is 3.87. The highest BCUT2D eigenvalue weighted by Crippen LogP contribution is 2.53. The fraction of sp³-hybridized carbons (Fsp3) is 0. The van der Waals surface area contributed by atoms with Crippen LogP contribution in [0, 0.1) is 0 Å². The molecule has 4 heterocycles. The minimum Gasteiger partial charge on any atom is -0.308 e. The molecule has 8 aromatic rings. The van der Waals surface area contributed by atoms with Gasteiger partial charge in [0.15, 0.2) is 0 Å². The topological polar surface area (TPSA) is 6.48 Å². The lowest BCUT2D eigenvalue weighted by molar-refractivity contribution is 1.17. The molecule has 10 rings (SSSR count). The standard InChI is InChI=1S/C44H28N2S4/c1-5-13-39-33(9-1)45(34-10-2-6-14-40(34)49-39)31-21-17-29(18-22-31)37-25-27-43(47-37)44-28-26-38(48-44)30-19-23-32(24-20-30)46-35-11-3-7-15-41(35)50-42-16-8-4-12-36(42)46/h1-28H. The molecule has 2 aromatic heterocycles. The Morgan fingerprint density at radius 1 is 0.280 bits per heavy atom. The lowest BCUT2D eigenvalue weighted by Crippen LogP contribution is -2.14. The summed E-state index contributed by atoms with van der Waals surface area (Å²) < 4.78 is 0. The van der Waals surface area contributed by atoms with Gasteiger partial charge in [-0.2, -0.15) is 0 Å². The van der Waals surface area contributed by atoms with E-state index in [0.717, 1.165) is 0 Å². The van der Waals surface area contributed by atoms with Gasteiger partial charge in [0.1, 0.15) is 0 Å². The first-order valence-electron chi connectivity index (χ1n) is 16.5. The van der Waals surface area contributed by atoms with Gasteiger partial charge in [0.2, 0.25) is 0 Å². The van der Waals surface area contributed by atoms with E-state index in [-0.39, 0.29) is 0 Å². The van der Waals surface area contributed by atoms with Crippen molar-refractivity contribution in [2.24, 2.45) is 0 Å². The third-order valence-corrected chi connectivity index (χ3v) is 13.9. The van der Waals surface area contributed by atoms with Crippen LogP contribution in [0.4, 0.5) is 34.1 Å². The zero-order valence-electron chi connectivity index (χ0n) is 26.7. The Hall–Kier alpha value is -4.98. The van der Waals surface area contributed by atoms with Crippen LogP contribution in [0.3, 0.4) is 0 Å². The Kier molecular flexibility index (Phi) is 7.42. The van der Waals surface area contributed by atoms with E-state index in [1.54, 1.807) is 0 Å². The normalized spacial score (nSPS) is 13.0. The molecule has 0 atom stereocenters. The van der Waals surface area contributed by atoms with Crippen molar-refractivity contribution in [1.29, 1.82) is 0 Å². The summed E-state index contributed by atoms with van der Waals surface area (Å²) in [5.41, 5.74) is 9.74. The van der Waals surface area contributed by atoms with Crippen molar-refractivity contribution in [3.63, 3.8) is 0 Å². The van der Waals surface area contributed by atoms with Gasteiger partial charge in [0.25, 0.3) is 0 Å². The molecule has 0 N–H and O–H groups in total. The van der Waals surface area contributed by atoms with Crippen LogP contribution in [0.2, 0.25) is 0 Å². The Bertz CT molecular complexity index is 2240. The van der Waals surface area contributed by atoms with Gasteiger partial charge in [0, 0.05) is 50.5 Å². The lowest BCUT2D eigenvalue weighted by Gasteiger charge is -2.32. The molecule has 2 aliphatic rings. The first-order chi connectivity index (χ1) is 24.8. The van der Waals surface area contributed by atoms with E-state index in [2.05, 4.69) is 180 Å². The Balaban J connectivity index is 0.901. The van der Waals surface area contributed by atoms with Gasteiger partial charge in [0.05, 0.1) is 22.7 Å². The highest BCUT2D eigenvalue weighted by Gasteiger charge is 2.25. The molecule has 0 radical (unpaired) electrons. The largest absolute Gasteiger partial charge is 0.308 e. The van der Waals surface area contributed by atoms with E-state index in [1.807, 2.05) is 46.2 Å². The molecule has 0 saturated heterocycles. The van der Waals surface area contributed by atoms with Crippen molar-refractivity contribution < 1.29 is 0 Å². The van der Waals surface area contributed by atoms with E-state index in [0.29, 0.717) is 0 Å². The third kappa shape index (κ3) is 5.19. The molecule has 0 bridgehead atoms. The molecule has 0 fully saturated rings. The number of fused-ring (bicyclic) bond motifs is 4. The monoisotopic (exact) mass is 712 g/mol. The number of thiophene rings is 2. The summed E-state index contributed by atoms with van der Waals surface area (Å²) in [5, 5.41) is 0. The third-order valence-electron chi connectivity index (χ3n) is 9.14. The molecular weight excluding hydrogens is 685 g/mol. The quantitative estimate of drug-likeness (QED) is 0.175. The van der Waals surface area contributed by atoms with E-state index in [9.17, 15) is 0 Å². The summed E-state index contributed by atoms with van der Waals surface area (Å²) in [6.07, 6.45) is 0. The van der Waals surface area contributed by atoms with Crippen molar-refractivity contribution in [2.75, 3.05) is 9.80 Å². The lowest BCUT2D eigenvalue weighted by atomic mass is 10.1. The molecule has 0 spiro atoms. The Morgan fingerprint density at radius 3 is 0.920 bits per heavy atom. The molecule has 6 heteroatoms. The van der Waals surface area contributed by atoms with Crippen molar-refractivity contribution in [2.45, 2.75) is 19.6 Å². The van der Waals surface area contributed by atoms with E-state index in [1.165, 1.54) is 84.3 Å². The zero-order chi connectivity index (χ0) is 33.0. The van der Waals surface area contributed by atoms with Gasteiger partial charge >= 0.3 is 0 Å². The Labute approximate surface area is 308 Å². The first-order valence-corrected chi connectivity index (χ1v) is 19.8. The van der Waals surface area contributed by atoms with Gasteiger partial charge in [-0.15, -0.1) is 22.7 Å². The maximum absolute atomic E-state index is 2.38. The highest BCUT2D eigenvalue weighted by atomic mass is 32.2. The second kappa shape index (κ2) is 12.4. The number of anilines is 6. The number of rotatable bonds is 5. The Morgan fingerprint density at radius 2 is 0.580 bits per heavy atom. The molecule has 238 valence electrons. The zero-order valence-corrected chi connectivity index (χ0v) is 30.0. The highest BCUT2D eigenvalue weighted by molar-refractivity contribution is 8.00. The fourth-order valence-electron chi connectivity index (χ4n) is 6.77. The first kappa shape index (κ1) is 29.9. The van der Waals surface area contributed by atoms with E-state index < -0.39 is 0 Å². The van der Waals surface area contributed by atoms with Crippen LogP contribution >= 0.6 is 46.2 Å². The number of para-hydroxylation sites is 4. The van der Waals surface area contributed by atoms with Gasteiger partial charge in [-0.1, -0.05) is 96.3 Å². The van der Waals surface area contributed by atoms with Crippen molar-refractivity contribution in [3.05, 3.63) is 170 Å². The van der Waals surface area contributed by atoms with Crippen LogP contribution in [0.5, 0.6) is 0 Å². The minimum atomic E-state index is 1.17. The number of hydrogen-bond acceptors (Lipinski definition) is 6. The van der Waals surface area contributed by atoms with Crippen molar-refractivity contribution in [3.8, 4) is 30.6 Å². The molecule has 0 saturated carbocycles. The van der Waals surface area contributed by atoms with Crippen LogP contribution in [-0.2, 0) is 0 Å². The number of nitrogens with zero attached hydrogens (tertiary/aromatic N) is 2. The predicted octanol–water partition coefficient (Wildman–Crippen LogP) is 14.7. The van der Waals surface area contributed by atoms with Gasteiger partial charge in [-0.3, -0.25) is 0 Å². The molecule has 0 amide bonds. The van der Waals surface area contributed by atoms with Gasteiger partial charge < -0.3 is 9.80 Å². The second-order valence-corrected chi connectivity index (χ2v) is 16.5. The van der Waals surface area contributed by atoms with Gasteiger partial charge in [-0.05, 0) is 108 Å². The molecular formula is C44H28N2S4. The summed E-state index contributed by atoms with van der Waals surface area (Å²) in [5.74, 6) is 0. The predicted molar refractivity (Wildman–Crippen MR) is 216 cm³/mol. The van der Waals surface area contributed by atoms with Crippen LogP contribution in [0.25, 0.3) is 30.6 Å². The molecule has 2 nitrogen and oxygen atoms in total. The van der Waals surface area contributed by atoms with Crippen LogP contribution in [-0.4, -0.2) is 0 Å². The summed E-state index contributed by atoms with van der Waals surface area (Å²) in [6, 6.07) is 61.8. The van der Waals surface area contributed by atoms with E-state index in [4.69, 9.17) is 0 Å². The minimum absolute atomic E-state index is 1.17. The summed E-state index contributed by atoms with van der Waals surface area (Å²) >= 11 is 7.40. The smallest absolute Gasteiger partial charge is 0.0601 e. The average molecular weight is 713 g/mol. The SMILES string of the molecule is c1ccc2c(c1)Sc1ccccc1N2c1ccc(-c2ccc(-c3ccc(-c4ccc(N5c6ccccc6Sc6ccccc65)cc4)s3)s2)cc1. The molecule has 0 aliphatic carbocycles. The molecule has 50 heavy (non-hydrogen) atoms. The molecule has 2 aliphatic heterocycles. The summed E-state index contributed by atoms with van der Waals surface area (Å²) in [6.45, 7) is 0. The fourth-order valence-corrected chi connectivity index (χ4v) is 11.0. The van der Waals surface area contributed by atoms with Crippen LogP contribution < -0.4 is 9.80 Å². The van der Waals surface area contributed by atoms with Crippen molar-refractivity contribution in [1.82, 2.24) is 0 Å². The van der Waals surface area contributed by atoms with Crippen LogP contribution in [0.1, 0.15) is 0 Å². The van der Waals surface area contributed by atoms with E-state index >= 15 is 0 Å². The summed E-state index contributed by atoms with van der Waals surface area (Å²) in [4.78, 5) is 15.0. The van der Waals surface area contributed by atoms with Crippen LogP contribution in [0.15, 0.2) is 189 Å². The maximum Gasteiger partial charge on any atom is 0.0601 e. The van der Waals surface area contributed by atoms with Crippen molar-refractivity contribution >= 4 is 80.3 Å². The van der Waals surface area contributed by atoms with Gasteiger partial charge in [-0.25, -0.2) is 0 Å².